The van der Waals surface area contributed by atoms with Crippen LogP contribution in [0, 0.1) is 0 Å². The number of rotatable bonds is 2. The molecule has 0 unspecified atom stereocenters. The Bertz CT molecular complexity index is 416. The van der Waals surface area contributed by atoms with Gasteiger partial charge in [0.2, 0.25) is 0 Å². The Hall–Kier alpha value is -0.940. The van der Waals surface area contributed by atoms with E-state index in [1.54, 1.807) is 6.07 Å². The highest BCUT2D eigenvalue weighted by molar-refractivity contribution is 6.32. The van der Waals surface area contributed by atoms with E-state index in [1.165, 1.54) is 12.1 Å². The van der Waals surface area contributed by atoms with Gasteiger partial charge < -0.3 is 10.1 Å². The molecular formula is C12H13ClF3NO. The number of piperidine rings is 1. The number of alkyl halides is 3. The first-order valence-electron chi connectivity index (χ1n) is 5.74. The Morgan fingerprint density at radius 3 is 2.61 bits per heavy atom. The standard InChI is InChI=1S/C12H13ClF3NO/c13-9-7-8(10-3-1-2-6-17-10)4-5-11(9)18-12(14,15)16/h4-5,7,10,17H,1-3,6H2/t10-/m0/s1. The van der Waals surface area contributed by atoms with Gasteiger partial charge in [0, 0.05) is 6.04 Å². The third-order valence-corrected chi connectivity index (χ3v) is 3.19. The largest absolute Gasteiger partial charge is 0.573 e. The minimum atomic E-state index is -4.71. The van der Waals surface area contributed by atoms with Crippen molar-refractivity contribution in [2.75, 3.05) is 6.54 Å². The lowest BCUT2D eigenvalue weighted by Gasteiger charge is -2.24. The average Bonchev–Trinajstić information content (AvgIpc) is 2.31. The fourth-order valence-corrected chi connectivity index (χ4v) is 2.31. The molecule has 0 radical (unpaired) electrons. The monoisotopic (exact) mass is 279 g/mol. The lowest BCUT2D eigenvalue weighted by Crippen LogP contribution is -2.26. The maximum Gasteiger partial charge on any atom is 0.573 e. The summed E-state index contributed by atoms with van der Waals surface area (Å²) in [5.41, 5.74) is 0.897. The van der Waals surface area contributed by atoms with Gasteiger partial charge in [-0.1, -0.05) is 24.1 Å². The van der Waals surface area contributed by atoms with Crippen LogP contribution < -0.4 is 10.1 Å². The molecule has 0 aromatic heterocycles. The molecule has 0 amide bonds. The third-order valence-electron chi connectivity index (χ3n) is 2.89. The maximum atomic E-state index is 12.1. The minimum absolute atomic E-state index is 0.0165. The normalized spacial score (nSPS) is 20.8. The number of halogens is 4. The van der Waals surface area contributed by atoms with E-state index in [1.807, 2.05) is 0 Å². The molecule has 6 heteroatoms. The van der Waals surface area contributed by atoms with E-state index >= 15 is 0 Å². The van der Waals surface area contributed by atoms with Crippen LogP contribution in [0.25, 0.3) is 0 Å². The van der Waals surface area contributed by atoms with Crippen LogP contribution in [0.1, 0.15) is 30.9 Å². The molecule has 1 aliphatic rings. The van der Waals surface area contributed by atoms with E-state index in [9.17, 15) is 13.2 Å². The molecule has 2 nitrogen and oxygen atoms in total. The van der Waals surface area contributed by atoms with Crippen LogP contribution in [0.2, 0.25) is 5.02 Å². The number of benzene rings is 1. The maximum absolute atomic E-state index is 12.1. The summed E-state index contributed by atoms with van der Waals surface area (Å²) >= 11 is 5.80. The highest BCUT2D eigenvalue weighted by atomic mass is 35.5. The Kier molecular flexibility index (Phi) is 4.02. The van der Waals surface area contributed by atoms with E-state index in [2.05, 4.69) is 10.1 Å². The molecule has 100 valence electrons. The average molecular weight is 280 g/mol. The zero-order valence-corrected chi connectivity index (χ0v) is 10.3. The first-order valence-corrected chi connectivity index (χ1v) is 6.12. The molecule has 1 heterocycles. The van der Waals surface area contributed by atoms with E-state index in [0.717, 1.165) is 31.4 Å². The molecule has 1 aliphatic heterocycles. The third kappa shape index (κ3) is 3.53. The molecule has 1 N–H and O–H groups in total. The summed E-state index contributed by atoms with van der Waals surface area (Å²) in [4.78, 5) is 0. The van der Waals surface area contributed by atoms with Gasteiger partial charge in [0.25, 0.3) is 0 Å². The molecule has 1 fully saturated rings. The van der Waals surface area contributed by atoms with Crippen molar-refractivity contribution in [1.82, 2.24) is 5.32 Å². The molecule has 1 saturated heterocycles. The van der Waals surface area contributed by atoms with Crippen molar-refractivity contribution in [3.63, 3.8) is 0 Å². The van der Waals surface area contributed by atoms with Gasteiger partial charge in [0.15, 0.2) is 0 Å². The molecule has 0 saturated carbocycles. The minimum Gasteiger partial charge on any atom is -0.404 e. The van der Waals surface area contributed by atoms with Crippen LogP contribution >= 0.6 is 11.6 Å². The summed E-state index contributed by atoms with van der Waals surface area (Å²) in [7, 11) is 0. The molecule has 0 spiro atoms. The smallest absolute Gasteiger partial charge is 0.404 e. The number of nitrogens with one attached hydrogen (secondary N) is 1. The van der Waals surface area contributed by atoms with Crippen molar-refractivity contribution in [2.45, 2.75) is 31.7 Å². The van der Waals surface area contributed by atoms with Crippen molar-refractivity contribution in [1.29, 1.82) is 0 Å². The van der Waals surface area contributed by atoms with Crippen LogP contribution in [0.4, 0.5) is 13.2 Å². The lowest BCUT2D eigenvalue weighted by atomic mass is 9.97. The van der Waals surface area contributed by atoms with Crippen LogP contribution in [0.15, 0.2) is 18.2 Å². The van der Waals surface area contributed by atoms with E-state index < -0.39 is 6.36 Å². The SMILES string of the molecule is FC(F)(F)Oc1ccc([C@@H]2CCCCN2)cc1Cl. The van der Waals surface area contributed by atoms with Gasteiger partial charge in [0.1, 0.15) is 5.75 Å². The second-order valence-electron chi connectivity index (χ2n) is 4.24. The Morgan fingerprint density at radius 1 is 1.28 bits per heavy atom. The summed E-state index contributed by atoms with van der Waals surface area (Å²) in [6.07, 6.45) is -1.51. The molecule has 1 atom stereocenters. The fourth-order valence-electron chi connectivity index (χ4n) is 2.08. The highest BCUT2D eigenvalue weighted by Gasteiger charge is 2.32. The molecule has 0 aliphatic carbocycles. The van der Waals surface area contributed by atoms with Crippen molar-refractivity contribution >= 4 is 11.6 Å². The molecule has 1 aromatic rings. The predicted octanol–water partition coefficient (Wildman–Crippen LogP) is 4.05. The predicted molar refractivity (Wildman–Crippen MR) is 62.7 cm³/mol. The van der Waals surface area contributed by atoms with Crippen molar-refractivity contribution in [2.24, 2.45) is 0 Å². The summed E-state index contributed by atoms with van der Waals surface area (Å²) in [6, 6.07) is 4.58. The van der Waals surface area contributed by atoms with E-state index in [0.29, 0.717) is 0 Å². The first-order chi connectivity index (χ1) is 8.46. The molecule has 2 rings (SSSR count). The van der Waals surface area contributed by atoms with Gasteiger partial charge in [-0.3, -0.25) is 0 Å². The van der Waals surface area contributed by atoms with Crippen LogP contribution in [-0.4, -0.2) is 12.9 Å². The second kappa shape index (κ2) is 5.36. The second-order valence-corrected chi connectivity index (χ2v) is 4.65. The highest BCUT2D eigenvalue weighted by Crippen LogP contribution is 2.33. The first kappa shape index (κ1) is 13.5. The zero-order chi connectivity index (χ0) is 13.2. The summed E-state index contributed by atoms with van der Waals surface area (Å²) in [6.45, 7) is 0.920. The van der Waals surface area contributed by atoms with Gasteiger partial charge in [-0.05, 0) is 37.1 Å². The van der Waals surface area contributed by atoms with Crippen molar-refractivity contribution < 1.29 is 17.9 Å². The Labute approximate surface area is 108 Å². The lowest BCUT2D eigenvalue weighted by molar-refractivity contribution is -0.274. The summed E-state index contributed by atoms with van der Waals surface area (Å²) in [5, 5.41) is 3.29. The molecule has 1 aromatic carbocycles. The summed E-state index contributed by atoms with van der Waals surface area (Å²) < 4.78 is 40.1. The van der Waals surface area contributed by atoms with Crippen LogP contribution in [0.3, 0.4) is 0 Å². The van der Waals surface area contributed by atoms with Crippen molar-refractivity contribution in [3.05, 3.63) is 28.8 Å². The van der Waals surface area contributed by atoms with Gasteiger partial charge in [0.05, 0.1) is 5.02 Å². The number of ether oxygens (including phenoxy) is 1. The van der Waals surface area contributed by atoms with Crippen LogP contribution in [-0.2, 0) is 0 Å². The molecular weight excluding hydrogens is 267 g/mol. The zero-order valence-electron chi connectivity index (χ0n) is 9.56. The quantitative estimate of drug-likeness (QED) is 0.882. The van der Waals surface area contributed by atoms with Gasteiger partial charge >= 0.3 is 6.36 Å². The summed E-state index contributed by atoms with van der Waals surface area (Å²) in [5.74, 6) is -0.358. The van der Waals surface area contributed by atoms with Gasteiger partial charge in [-0.15, -0.1) is 13.2 Å². The Balaban J connectivity index is 2.13. The van der Waals surface area contributed by atoms with E-state index in [-0.39, 0.29) is 16.8 Å². The molecule has 18 heavy (non-hydrogen) atoms. The number of hydrogen-bond donors (Lipinski definition) is 1. The molecule has 0 bridgehead atoms. The van der Waals surface area contributed by atoms with Gasteiger partial charge in [-0.2, -0.15) is 0 Å². The topological polar surface area (TPSA) is 21.3 Å². The van der Waals surface area contributed by atoms with Crippen molar-refractivity contribution in [3.8, 4) is 5.75 Å². The number of hydrogen-bond acceptors (Lipinski definition) is 2. The van der Waals surface area contributed by atoms with E-state index in [4.69, 9.17) is 11.6 Å². The Morgan fingerprint density at radius 2 is 2.06 bits per heavy atom. The van der Waals surface area contributed by atoms with Gasteiger partial charge in [-0.25, -0.2) is 0 Å². The fraction of sp³-hybridized carbons (Fsp3) is 0.500. The van der Waals surface area contributed by atoms with Crippen LogP contribution in [0.5, 0.6) is 5.75 Å².